The van der Waals surface area contributed by atoms with Crippen LogP contribution in [0, 0.1) is 5.82 Å². The van der Waals surface area contributed by atoms with Gasteiger partial charge in [0.2, 0.25) is 0 Å². The number of fused-ring (bicyclic) bond motifs is 1. The SMILES string of the molecule is O=C(N[C@@H]1CCS(=O)(=O)C1)c1ccc2c(-c3ccccc3Cl)cn(-c3ccc(F)cc3)c2c1. The molecule has 1 aliphatic rings. The van der Waals surface area contributed by atoms with Gasteiger partial charge in [-0.15, -0.1) is 0 Å². The number of halogens is 2. The molecule has 5 rings (SSSR count). The average Bonchev–Trinajstić information content (AvgIpc) is 3.33. The van der Waals surface area contributed by atoms with E-state index >= 15 is 0 Å². The molecule has 0 aliphatic carbocycles. The second-order valence-corrected chi connectivity index (χ2v) is 10.8. The third-order valence-corrected chi connectivity index (χ3v) is 8.00. The van der Waals surface area contributed by atoms with E-state index in [9.17, 15) is 17.6 Å². The second kappa shape index (κ2) is 8.32. The fraction of sp³-hybridized carbons (Fsp3) is 0.160. The van der Waals surface area contributed by atoms with Crippen molar-refractivity contribution in [2.75, 3.05) is 11.5 Å². The minimum absolute atomic E-state index is 0.0381. The standard InChI is InChI=1S/C25H20ClFN2O3S/c26-23-4-2-1-3-20(23)22-14-29(19-8-6-17(27)7-9-19)24-13-16(5-10-21(22)24)25(30)28-18-11-12-33(31,32)15-18/h1-10,13-14,18H,11-12,15H2,(H,28,30)/t18-/m1/s1. The molecule has 33 heavy (non-hydrogen) atoms. The molecule has 1 atom stereocenters. The second-order valence-electron chi connectivity index (χ2n) is 8.17. The lowest BCUT2D eigenvalue weighted by atomic mass is 10.0. The number of benzene rings is 3. The lowest BCUT2D eigenvalue weighted by Gasteiger charge is -2.12. The molecule has 1 aliphatic heterocycles. The number of rotatable bonds is 4. The first-order valence-corrected chi connectivity index (χ1v) is 12.7. The zero-order chi connectivity index (χ0) is 23.2. The van der Waals surface area contributed by atoms with Crippen LogP contribution in [0.15, 0.2) is 72.9 Å². The van der Waals surface area contributed by atoms with Gasteiger partial charge >= 0.3 is 0 Å². The van der Waals surface area contributed by atoms with Crippen molar-refractivity contribution in [3.63, 3.8) is 0 Å². The fourth-order valence-electron chi connectivity index (χ4n) is 4.26. The van der Waals surface area contributed by atoms with Gasteiger partial charge in [-0.1, -0.05) is 35.9 Å². The van der Waals surface area contributed by atoms with Crippen LogP contribution < -0.4 is 5.32 Å². The predicted molar refractivity (Wildman–Crippen MR) is 128 cm³/mol. The number of sulfone groups is 1. The minimum atomic E-state index is -3.10. The minimum Gasteiger partial charge on any atom is -0.348 e. The van der Waals surface area contributed by atoms with E-state index in [2.05, 4.69) is 5.32 Å². The van der Waals surface area contributed by atoms with Gasteiger partial charge in [-0.2, -0.15) is 0 Å². The Morgan fingerprint density at radius 1 is 1.03 bits per heavy atom. The molecule has 8 heteroatoms. The topological polar surface area (TPSA) is 68.2 Å². The van der Waals surface area contributed by atoms with Crippen LogP contribution in [0.3, 0.4) is 0 Å². The summed E-state index contributed by atoms with van der Waals surface area (Å²) >= 11 is 6.46. The van der Waals surface area contributed by atoms with Crippen LogP contribution >= 0.6 is 11.6 Å². The van der Waals surface area contributed by atoms with Gasteiger partial charge in [-0.3, -0.25) is 4.79 Å². The van der Waals surface area contributed by atoms with E-state index in [4.69, 9.17) is 11.6 Å². The molecule has 3 aromatic carbocycles. The van der Waals surface area contributed by atoms with Crippen LogP contribution in [0.25, 0.3) is 27.7 Å². The number of hydrogen-bond acceptors (Lipinski definition) is 3. The number of nitrogens with zero attached hydrogens (tertiary/aromatic N) is 1. The Morgan fingerprint density at radius 3 is 2.48 bits per heavy atom. The number of hydrogen-bond donors (Lipinski definition) is 1. The smallest absolute Gasteiger partial charge is 0.251 e. The Hall–Kier alpha value is -3.16. The van der Waals surface area contributed by atoms with Gasteiger partial charge in [0.1, 0.15) is 5.82 Å². The first-order valence-electron chi connectivity index (χ1n) is 10.5. The summed E-state index contributed by atoms with van der Waals surface area (Å²) in [6.07, 6.45) is 2.34. The number of carbonyl (C=O) groups is 1. The molecule has 4 aromatic rings. The Bertz CT molecular complexity index is 1480. The van der Waals surface area contributed by atoms with E-state index in [1.807, 2.05) is 41.1 Å². The van der Waals surface area contributed by atoms with Crippen LogP contribution in [0.5, 0.6) is 0 Å². The quantitative estimate of drug-likeness (QED) is 0.444. The highest BCUT2D eigenvalue weighted by Gasteiger charge is 2.29. The number of aromatic nitrogens is 1. The Balaban J connectivity index is 1.60. The van der Waals surface area contributed by atoms with Crippen molar-refractivity contribution in [1.29, 1.82) is 0 Å². The van der Waals surface area contributed by atoms with Crippen molar-refractivity contribution >= 4 is 38.2 Å². The highest BCUT2D eigenvalue weighted by molar-refractivity contribution is 7.91. The molecule has 0 radical (unpaired) electrons. The summed E-state index contributed by atoms with van der Waals surface area (Å²) in [5, 5.41) is 4.31. The monoisotopic (exact) mass is 482 g/mol. The van der Waals surface area contributed by atoms with Crippen molar-refractivity contribution in [3.8, 4) is 16.8 Å². The average molecular weight is 483 g/mol. The molecule has 0 saturated carbocycles. The number of nitrogens with one attached hydrogen (secondary N) is 1. The van der Waals surface area contributed by atoms with Crippen LogP contribution in [-0.4, -0.2) is 36.4 Å². The molecular formula is C25H20ClFN2O3S. The highest BCUT2D eigenvalue weighted by Crippen LogP contribution is 2.36. The first kappa shape index (κ1) is 21.7. The van der Waals surface area contributed by atoms with Crippen LogP contribution in [0.1, 0.15) is 16.8 Å². The third-order valence-electron chi connectivity index (χ3n) is 5.90. The predicted octanol–water partition coefficient (Wildman–Crippen LogP) is 5.01. The molecule has 2 heterocycles. The van der Waals surface area contributed by atoms with Gasteiger partial charge in [0.25, 0.3) is 5.91 Å². The molecule has 1 saturated heterocycles. The Kier molecular flexibility index (Phi) is 5.46. The molecular weight excluding hydrogens is 463 g/mol. The maximum atomic E-state index is 13.5. The summed E-state index contributed by atoms with van der Waals surface area (Å²) in [6, 6.07) is 18.5. The van der Waals surface area contributed by atoms with Gasteiger partial charge < -0.3 is 9.88 Å². The van der Waals surface area contributed by atoms with Crippen molar-refractivity contribution in [1.82, 2.24) is 9.88 Å². The molecule has 1 N–H and O–H groups in total. The lowest BCUT2D eigenvalue weighted by molar-refractivity contribution is 0.0941. The zero-order valence-corrected chi connectivity index (χ0v) is 19.0. The normalized spacial score (nSPS) is 17.3. The van der Waals surface area contributed by atoms with E-state index in [1.54, 1.807) is 24.3 Å². The summed E-state index contributed by atoms with van der Waals surface area (Å²) in [5.74, 6) is -0.617. The number of amides is 1. The summed E-state index contributed by atoms with van der Waals surface area (Å²) in [7, 11) is -3.10. The van der Waals surface area contributed by atoms with Gasteiger partial charge in [0.05, 0.1) is 17.0 Å². The van der Waals surface area contributed by atoms with Gasteiger partial charge in [0.15, 0.2) is 9.84 Å². The third kappa shape index (κ3) is 4.26. The maximum Gasteiger partial charge on any atom is 0.251 e. The molecule has 0 bridgehead atoms. The fourth-order valence-corrected chi connectivity index (χ4v) is 6.17. The Morgan fingerprint density at radius 2 is 1.79 bits per heavy atom. The van der Waals surface area contributed by atoms with Gasteiger partial charge in [0, 0.05) is 45.0 Å². The van der Waals surface area contributed by atoms with Gasteiger partial charge in [-0.05, 0) is 48.9 Å². The molecule has 0 unspecified atom stereocenters. The summed E-state index contributed by atoms with van der Waals surface area (Å²) < 4.78 is 38.9. The van der Waals surface area contributed by atoms with E-state index in [0.717, 1.165) is 27.7 Å². The zero-order valence-electron chi connectivity index (χ0n) is 17.5. The maximum absolute atomic E-state index is 13.5. The molecule has 1 fully saturated rings. The van der Waals surface area contributed by atoms with Crippen LogP contribution in [0.2, 0.25) is 5.02 Å². The van der Waals surface area contributed by atoms with Crippen LogP contribution in [-0.2, 0) is 9.84 Å². The van der Waals surface area contributed by atoms with Crippen molar-refractivity contribution in [2.24, 2.45) is 0 Å². The van der Waals surface area contributed by atoms with E-state index in [-0.39, 0.29) is 29.3 Å². The molecule has 0 spiro atoms. The summed E-state index contributed by atoms with van der Waals surface area (Å²) in [5.41, 5.74) is 3.63. The van der Waals surface area contributed by atoms with Gasteiger partial charge in [-0.25, -0.2) is 12.8 Å². The van der Waals surface area contributed by atoms with E-state index in [1.165, 1.54) is 12.1 Å². The largest absolute Gasteiger partial charge is 0.348 e. The lowest BCUT2D eigenvalue weighted by Crippen LogP contribution is -2.35. The van der Waals surface area contributed by atoms with E-state index in [0.29, 0.717) is 17.0 Å². The van der Waals surface area contributed by atoms with Crippen molar-refractivity contribution < 1.29 is 17.6 Å². The molecule has 1 aromatic heterocycles. The highest BCUT2D eigenvalue weighted by atomic mass is 35.5. The summed E-state index contributed by atoms with van der Waals surface area (Å²) in [6.45, 7) is 0. The van der Waals surface area contributed by atoms with Crippen molar-refractivity contribution in [3.05, 3.63) is 89.3 Å². The molecule has 5 nitrogen and oxygen atoms in total. The van der Waals surface area contributed by atoms with Crippen molar-refractivity contribution in [2.45, 2.75) is 12.5 Å². The Labute approximate surface area is 195 Å². The molecule has 168 valence electrons. The number of carbonyl (C=O) groups excluding carboxylic acids is 1. The van der Waals surface area contributed by atoms with Crippen LogP contribution in [0.4, 0.5) is 4.39 Å². The summed E-state index contributed by atoms with van der Waals surface area (Å²) in [4.78, 5) is 12.9. The first-order chi connectivity index (χ1) is 15.8. The van der Waals surface area contributed by atoms with E-state index < -0.39 is 9.84 Å². The molecule has 1 amide bonds.